The highest BCUT2D eigenvalue weighted by Gasteiger charge is 2.26. The van der Waals surface area contributed by atoms with Crippen molar-refractivity contribution in [3.63, 3.8) is 0 Å². The van der Waals surface area contributed by atoms with Crippen molar-refractivity contribution in [3.8, 4) is 0 Å². The fourth-order valence-corrected chi connectivity index (χ4v) is 3.70. The van der Waals surface area contributed by atoms with Gasteiger partial charge >= 0.3 is 0 Å². The van der Waals surface area contributed by atoms with Crippen molar-refractivity contribution >= 4 is 22.6 Å². The van der Waals surface area contributed by atoms with Gasteiger partial charge in [0.2, 0.25) is 0 Å². The number of para-hydroxylation sites is 1. The maximum atomic E-state index is 12.5. The van der Waals surface area contributed by atoms with Crippen molar-refractivity contribution in [2.24, 2.45) is 7.05 Å². The predicted molar refractivity (Wildman–Crippen MR) is 99.1 cm³/mol. The SMILES string of the molecule is Cn1nc(C(=O)NCCCn2ccc3ccccc32)c2c1CCC(=O)C2. The number of aryl methyl sites for hydroxylation is 2. The first-order valence-corrected chi connectivity index (χ1v) is 9.02. The van der Waals surface area contributed by atoms with Gasteiger partial charge < -0.3 is 9.88 Å². The number of Topliss-reactive ketones (excluding diaryl/α,β-unsaturated/α-hetero) is 1. The molecule has 6 nitrogen and oxygen atoms in total. The average molecular weight is 350 g/mol. The van der Waals surface area contributed by atoms with Gasteiger partial charge in [0.05, 0.1) is 0 Å². The van der Waals surface area contributed by atoms with Gasteiger partial charge in [-0.25, -0.2) is 0 Å². The van der Waals surface area contributed by atoms with E-state index < -0.39 is 0 Å². The molecule has 0 fully saturated rings. The minimum Gasteiger partial charge on any atom is -0.351 e. The summed E-state index contributed by atoms with van der Waals surface area (Å²) in [5.74, 6) is -0.00653. The normalized spacial score (nSPS) is 13.8. The molecule has 1 aliphatic carbocycles. The highest BCUT2D eigenvalue weighted by atomic mass is 16.2. The minimum atomic E-state index is -0.186. The summed E-state index contributed by atoms with van der Waals surface area (Å²) >= 11 is 0. The number of aromatic nitrogens is 3. The first kappa shape index (κ1) is 16.6. The standard InChI is InChI=1S/C20H22N4O2/c1-23-18-8-7-15(25)13-16(18)19(22-23)20(26)21-10-4-11-24-12-9-14-5-2-3-6-17(14)24/h2-3,5-6,9,12H,4,7-8,10-11,13H2,1H3,(H,21,26). The number of nitrogens with one attached hydrogen (secondary N) is 1. The number of fused-ring (bicyclic) bond motifs is 2. The Hall–Kier alpha value is -2.89. The number of benzene rings is 1. The zero-order valence-electron chi connectivity index (χ0n) is 14.9. The number of rotatable bonds is 5. The highest BCUT2D eigenvalue weighted by molar-refractivity contribution is 5.96. The maximum absolute atomic E-state index is 12.5. The third kappa shape index (κ3) is 3.03. The lowest BCUT2D eigenvalue weighted by Gasteiger charge is -2.12. The van der Waals surface area contributed by atoms with Crippen LogP contribution in [0.5, 0.6) is 0 Å². The first-order chi connectivity index (χ1) is 12.6. The van der Waals surface area contributed by atoms with Crippen LogP contribution in [0.3, 0.4) is 0 Å². The van der Waals surface area contributed by atoms with Crippen LogP contribution in [0.15, 0.2) is 36.5 Å². The van der Waals surface area contributed by atoms with Crippen molar-refractivity contribution in [2.45, 2.75) is 32.2 Å². The lowest BCUT2D eigenvalue weighted by atomic mass is 9.94. The van der Waals surface area contributed by atoms with E-state index in [-0.39, 0.29) is 11.7 Å². The van der Waals surface area contributed by atoms with Crippen molar-refractivity contribution in [2.75, 3.05) is 6.54 Å². The molecule has 0 spiro atoms. The summed E-state index contributed by atoms with van der Waals surface area (Å²) in [7, 11) is 1.84. The topological polar surface area (TPSA) is 68.9 Å². The second kappa shape index (κ2) is 6.78. The van der Waals surface area contributed by atoms with Gasteiger partial charge in [-0.15, -0.1) is 0 Å². The molecule has 0 saturated heterocycles. The molecule has 3 aromatic rings. The summed E-state index contributed by atoms with van der Waals surface area (Å²) in [5, 5.41) is 8.52. The molecule has 1 N–H and O–H groups in total. The van der Waals surface area contributed by atoms with Crippen molar-refractivity contribution < 1.29 is 9.59 Å². The van der Waals surface area contributed by atoms with Crippen LogP contribution in [0.1, 0.15) is 34.6 Å². The van der Waals surface area contributed by atoms with Gasteiger partial charge in [-0.05, 0) is 30.4 Å². The smallest absolute Gasteiger partial charge is 0.272 e. The largest absolute Gasteiger partial charge is 0.351 e. The van der Waals surface area contributed by atoms with E-state index in [4.69, 9.17) is 0 Å². The van der Waals surface area contributed by atoms with Crippen LogP contribution in [0.4, 0.5) is 0 Å². The summed E-state index contributed by atoms with van der Waals surface area (Å²) in [6, 6.07) is 10.4. The highest BCUT2D eigenvalue weighted by Crippen LogP contribution is 2.22. The van der Waals surface area contributed by atoms with E-state index >= 15 is 0 Å². The monoisotopic (exact) mass is 350 g/mol. The summed E-state index contributed by atoms with van der Waals surface area (Å²) in [6.07, 6.45) is 4.44. The lowest BCUT2D eigenvalue weighted by molar-refractivity contribution is -0.118. The molecule has 4 rings (SSSR count). The van der Waals surface area contributed by atoms with Gasteiger partial charge in [0.1, 0.15) is 5.78 Å². The summed E-state index contributed by atoms with van der Waals surface area (Å²) in [5.41, 5.74) is 3.42. The van der Waals surface area contributed by atoms with Gasteiger partial charge in [0.15, 0.2) is 5.69 Å². The number of nitrogens with zero attached hydrogens (tertiary/aromatic N) is 3. The Morgan fingerprint density at radius 2 is 2.08 bits per heavy atom. The molecule has 0 bridgehead atoms. The van der Waals surface area contributed by atoms with E-state index in [0.717, 1.165) is 24.2 Å². The number of ketones is 1. The van der Waals surface area contributed by atoms with Gasteiger partial charge in [0.25, 0.3) is 5.91 Å². The van der Waals surface area contributed by atoms with E-state index in [9.17, 15) is 9.59 Å². The molecule has 1 amide bonds. The third-order valence-electron chi connectivity index (χ3n) is 5.05. The summed E-state index contributed by atoms with van der Waals surface area (Å²) < 4.78 is 3.94. The van der Waals surface area contributed by atoms with Crippen molar-refractivity contribution in [3.05, 3.63) is 53.5 Å². The fraction of sp³-hybridized carbons (Fsp3) is 0.350. The second-order valence-electron chi connectivity index (χ2n) is 6.79. The number of hydrogen-bond donors (Lipinski definition) is 1. The number of carbonyl (C=O) groups is 2. The Labute approximate surface area is 151 Å². The molecule has 2 heterocycles. The zero-order valence-corrected chi connectivity index (χ0v) is 14.9. The van der Waals surface area contributed by atoms with Crippen LogP contribution in [-0.4, -0.2) is 32.6 Å². The summed E-state index contributed by atoms with van der Waals surface area (Å²) in [6.45, 7) is 1.41. The molecule has 2 aromatic heterocycles. The van der Waals surface area contributed by atoms with Crippen LogP contribution in [0.2, 0.25) is 0 Å². The molecule has 0 aliphatic heterocycles. The van der Waals surface area contributed by atoms with Crippen LogP contribution < -0.4 is 5.32 Å². The Kier molecular flexibility index (Phi) is 4.32. The molecule has 134 valence electrons. The molecular weight excluding hydrogens is 328 g/mol. The molecule has 1 aromatic carbocycles. The fourth-order valence-electron chi connectivity index (χ4n) is 3.70. The first-order valence-electron chi connectivity index (χ1n) is 9.02. The predicted octanol–water partition coefficient (Wildman–Crippen LogP) is 2.25. The van der Waals surface area contributed by atoms with E-state index in [1.165, 1.54) is 10.9 Å². The zero-order chi connectivity index (χ0) is 18.1. The Balaban J connectivity index is 1.37. The lowest BCUT2D eigenvalue weighted by Crippen LogP contribution is -2.27. The molecule has 26 heavy (non-hydrogen) atoms. The number of amides is 1. The summed E-state index contributed by atoms with van der Waals surface area (Å²) in [4.78, 5) is 24.2. The third-order valence-corrected chi connectivity index (χ3v) is 5.05. The Morgan fingerprint density at radius 3 is 2.96 bits per heavy atom. The van der Waals surface area contributed by atoms with Crippen LogP contribution >= 0.6 is 0 Å². The van der Waals surface area contributed by atoms with Crippen LogP contribution in [0, 0.1) is 0 Å². The Bertz CT molecular complexity index is 983. The average Bonchev–Trinajstić information content (AvgIpc) is 3.20. The molecule has 1 aliphatic rings. The van der Waals surface area contributed by atoms with Gasteiger partial charge in [-0.3, -0.25) is 14.3 Å². The minimum absolute atomic E-state index is 0.180. The number of carbonyl (C=O) groups excluding carboxylic acids is 2. The molecule has 6 heteroatoms. The molecule has 0 unspecified atom stereocenters. The molecule has 0 saturated carbocycles. The Morgan fingerprint density at radius 1 is 1.23 bits per heavy atom. The van der Waals surface area contributed by atoms with E-state index in [2.05, 4.69) is 39.4 Å². The van der Waals surface area contributed by atoms with Crippen LogP contribution in [0.25, 0.3) is 10.9 Å². The number of hydrogen-bond acceptors (Lipinski definition) is 3. The second-order valence-corrected chi connectivity index (χ2v) is 6.79. The van der Waals surface area contributed by atoms with Gasteiger partial charge in [0, 0.05) is 55.9 Å². The van der Waals surface area contributed by atoms with E-state index in [1.807, 2.05) is 19.2 Å². The van der Waals surface area contributed by atoms with E-state index in [0.29, 0.717) is 31.5 Å². The van der Waals surface area contributed by atoms with Gasteiger partial charge in [-0.1, -0.05) is 18.2 Å². The van der Waals surface area contributed by atoms with Crippen molar-refractivity contribution in [1.82, 2.24) is 19.7 Å². The maximum Gasteiger partial charge on any atom is 0.272 e. The molecular formula is C20H22N4O2. The molecule has 0 atom stereocenters. The van der Waals surface area contributed by atoms with E-state index in [1.54, 1.807) is 4.68 Å². The van der Waals surface area contributed by atoms with Crippen molar-refractivity contribution in [1.29, 1.82) is 0 Å². The van der Waals surface area contributed by atoms with Crippen LogP contribution in [-0.2, 0) is 31.2 Å². The van der Waals surface area contributed by atoms with Gasteiger partial charge in [-0.2, -0.15) is 5.10 Å². The molecule has 0 radical (unpaired) electrons. The quantitative estimate of drug-likeness (QED) is 0.718.